The first-order chi connectivity index (χ1) is 8.49. The van der Waals surface area contributed by atoms with Crippen LogP contribution in [0.15, 0.2) is 12.7 Å². The third kappa shape index (κ3) is 7.31. The molecule has 0 heterocycles. The van der Waals surface area contributed by atoms with Crippen LogP contribution in [-0.4, -0.2) is 14.4 Å². The lowest BCUT2D eigenvalue weighted by molar-refractivity contribution is 0.178. The molecule has 0 saturated carbocycles. The molecule has 0 N–H and O–H groups in total. The first-order valence-electron chi connectivity index (χ1n) is 7.80. The monoisotopic (exact) mass is 284 g/mol. The van der Waals surface area contributed by atoms with Gasteiger partial charge in [-0.2, -0.15) is 0 Å². The van der Waals surface area contributed by atoms with Crippen LogP contribution < -0.4 is 0 Å². The quantitative estimate of drug-likeness (QED) is 0.391. The van der Waals surface area contributed by atoms with E-state index in [0.717, 1.165) is 5.92 Å². The van der Waals surface area contributed by atoms with Gasteiger partial charge < -0.3 is 4.43 Å². The highest BCUT2D eigenvalue weighted by Crippen LogP contribution is 2.37. The summed E-state index contributed by atoms with van der Waals surface area (Å²) in [5.74, 6) is 1.39. The van der Waals surface area contributed by atoms with Gasteiger partial charge in [-0.25, -0.2) is 0 Å². The molecule has 0 fully saturated rings. The lowest BCUT2D eigenvalue weighted by Gasteiger charge is -2.38. The SMILES string of the molecule is C=C[C@@H](C)C[C@@H](C)CC[C@@H](C)O[Si](C)(C)C(C)(C)C. The third-order valence-corrected chi connectivity index (χ3v) is 9.15. The fourth-order valence-electron chi connectivity index (χ4n) is 2.11. The van der Waals surface area contributed by atoms with E-state index in [1.807, 2.05) is 0 Å². The minimum absolute atomic E-state index is 0.310. The number of hydrogen-bond donors (Lipinski definition) is 0. The van der Waals surface area contributed by atoms with Crippen molar-refractivity contribution < 1.29 is 4.43 Å². The van der Waals surface area contributed by atoms with Crippen LogP contribution in [0.4, 0.5) is 0 Å². The smallest absolute Gasteiger partial charge is 0.192 e. The molecule has 3 atom stereocenters. The summed E-state index contributed by atoms with van der Waals surface area (Å²) in [4.78, 5) is 0. The molecule has 19 heavy (non-hydrogen) atoms. The van der Waals surface area contributed by atoms with Crippen LogP contribution in [0.3, 0.4) is 0 Å². The number of hydrogen-bond acceptors (Lipinski definition) is 1. The fourth-order valence-corrected chi connectivity index (χ4v) is 3.58. The molecule has 0 radical (unpaired) electrons. The normalized spacial score (nSPS) is 17.9. The molecule has 0 amide bonds. The predicted octanol–water partition coefficient (Wildman–Crippen LogP) is 6.03. The maximum atomic E-state index is 6.40. The van der Waals surface area contributed by atoms with Gasteiger partial charge in [0.15, 0.2) is 8.32 Å². The second-order valence-electron chi connectivity index (χ2n) is 7.82. The van der Waals surface area contributed by atoms with Crippen LogP contribution in [0.1, 0.15) is 60.8 Å². The third-order valence-electron chi connectivity index (χ3n) is 4.54. The van der Waals surface area contributed by atoms with E-state index in [4.69, 9.17) is 4.43 Å². The van der Waals surface area contributed by atoms with Gasteiger partial charge in [0.2, 0.25) is 0 Å². The molecular formula is C17H36OSi. The van der Waals surface area contributed by atoms with Crippen LogP contribution in [0, 0.1) is 11.8 Å². The molecule has 0 aromatic heterocycles. The zero-order chi connectivity index (χ0) is 15.3. The molecule has 0 aliphatic heterocycles. The second-order valence-corrected chi connectivity index (χ2v) is 12.6. The highest BCUT2D eigenvalue weighted by molar-refractivity contribution is 6.74. The van der Waals surface area contributed by atoms with Gasteiger partial charge in [-0.1, -0.05) is 40.7 Å². The van der Waals surface area contributed by atoms with Crippen LogP contribution >= 0.6 is 0 Å². The van der Waals surface area contributed by atoms with Crippen molar-refractivity contribution in [1.29, 1.82) is 0 Å². The van der Waals surface area contributed by atoms with Crippen LogP contribution in [0.25, 0.3) is 0 Å². The summed E-state index contributed by atoms with van der Waals surface area (Å²) >= 11 is 0. The Bertz CT molecular complexity index is 265. The lowest BCUT2D eigenvalue weighted by atomic mass is 9.93. The van der Waals surface area contributed by atoms with Gasteiger partial charge in [-0.3, -0.25) is 0 Å². The van der Waals surface area contributed by atoms with E-state index in [1.54, 1.807) is 0 Å². The van der Waals surface area contributed by atoms with Gasteiger partial charge >= 0.3 is 0 Å². The summed E-state index contributed by atoms with van der Waals surface area (Å²) in [6, 6.07) is 0. The Hall–Kier alpha value is -0.0831. The minimum atomic E-state index is -1.60. The van der Waals surface area contributed by atoms with Crippen LogP contribution in [0.5, 0.6) is 0 Å². The van der Waals surface area contributed by atoms with E-state index < -0.39 is 8.32 Å². The molecule has 114 valence electrons. The van der Waals surface area contributed by atoms with Gasteiger partial charge in [-0.05, 0) is 56.2 Å². The molecule has 0 aromatic carbocycles. The Labute approximate surface area is 123 Å². The zero-order valence-electron chi connectivity index (χ0n) is 14.5. The molecule has 2 heteroatoms. The first kappa shape index (κ1) is 18.9. The highest BCUT2D eigenvalue weighted by atomic mass is 28.4. The van der Waals surface area contributed by atoms with Crippen molar-refractivity contribution in [3.05, 3.63) is 12.7 Å². The fraction of sp³-hybridized carbons (Fsp3) is 0.882. The predicted molar refractivity (Wildman–Crippen MR) is 90.1 cm³/mol. The number of rotatable bonds is 8. The molecular weight excluding hydrogens is 248 g/mol. The molecule has 0 aliphatic carbocycles. The van der Waals surface area contributed by atoms with Crippen molar-refractivity contribution in [1.82, 2.24) is 0 Å². The minimum Gasteiger partial charge on any atom is -0.414 e. The average molecular weight is 285 g/mol. The Kier molecular flexibility index (Phi) is 7.60. The molecule has 0 rings (SSSR count). The van der Waals surface area contributed by atoms with E-state index >= 15 is 0 Å². The topological polar surface area (TPSA) is 9.23 Å². The van der Waals surface area contributed by atoms with E-state index in [9.17, 15) is 0 Å². The Morgan fingerprint density at radius 3 is 2.05 bits per heavy atom. The lowest BCUT2D eigenvalue weighted by Crippen LogP contribution is -2.43. The van der Waals surface area contributed by atoms with Crippen molar-refractivity contribution in [2.24, 2.45) is 11.8 Å². The van der Waals surface area contributed by atoms with Gasteiger partial charge in [0, 0.05) is 6.10 Å². The number of allylic oxidation sites excluding steroid dienone is 1. The van der Waals surface area contributed by atoms with Gasteiger partial charge in [0.1, 0.15) is 0 Å². The summed E-state index contributed by atoms with van der Waals surface area (Å²) in [6.45, 7) is 22.3. The van der Waals surface area contributed by atoms with Crippen LogP contribution in [-0.2, 0) is 4.43 Å². The average Bonchev–Trinajstić information content (AvgIpc) is 2.24. The van der Waals surface area contributed by atoms with Crippen molar-refractivity contribution in [3.8, 4) is 0 Å². The van der Waals surface area contributed by atoms with Gasteiger partial charge in [0.05, 0.1) is 0 Å². The Balaban J connectivity index is 4.12. The van der Waals surface area contributed by atoms with E-state index in [1.165, 1.54) is 19.3 Å². The summed E-state index contributed by atoms with van der Waals surface area (Å²) in [7, 11) is -1.60. The largest absolute Gasteiger partial charge is 0.414 e. The first-order valence-corrected chi connectivity index (χ1v) is 10.7. The standard InChI is InChI=1S/C17H36OSi/c1-10-14(2)13-15(3)11-12-16(4)18-19(8,9)17(5,6)7/h10,14-16H,1,11-13H2,2-9H3/t14-,15+,16-/m1/s1. The van der Waals surface area contributed by atoms with E-state index in [2.05, 4.69) is 67.3 Å². The van der Waals surface area contributed by atoms with Gasteiger partial charge in [-0.15, -0.1) is 6.58 Å². The molecule has 0 unspecified atom stereocenters. The molecule has 0 saturated heterocycles. The molecule has 0 aromatic rings. The molecule has 0 spiro atoms. The van der Waals surface area contributed by atoms with E-state index in [0.29, 0.717) is 17.1 Å². The van der Waals surface area contributed by atoms with Crippen molar-refractivity contribution >= 4 is 8.32 Å². The van der Waals surface area contributed by atoms with Crippen molar-refractivity contribution in [3.63, 3.8) is 0 Å². The van der Waals surface area contributed by atoms with Crippen molar-refractivity contribution in [2.45, 2.75) is 85.0 Å². The maximum absolute atomic E-state index is 6.40. The highest BCUT2D eigenvalue weighted by Gasteiger charge is 2.38. The van der Waals surface area contributed by atoms with Crippen LogP contribution in [0.2, 0.25) is 18.1 Å². The summed E-state index contributed by atoms with van der Waals surface area (Å²) in [5.41, 5.74) is 0. The zero-order valence-corrected chi connectivity index (χ0v) is 15.5. The molecule has 0 bridgehead atoms. The Morgan fingerprint density at radius 2 is 1.63 bits per heavy atom. The summed E-state index contributed by atoms with van der Waals surface area (Å²) in [6.07, 6.45) is 6.14. The van der Waals surface area contributed by atoms with Crippen molar-refractivity contribution in [2.75, 3.05) is 0 Å². The summed E-state index contributed by atoms with van der Waals surface area (Å²) in [5, 5.41) is 0.310. The van der Waals surface area contributed by atoms with E-state index in [-0.39, 0.29) is 0 Å². The van der Waals surface area contributed by atoms with Gasteiger partial charge in [0.25, 0.3) is 0 Å². The molecule has 1 nitrogen and oxygen atoms in total. The Morgan fingerprint density at radius 1 is 1.11 bits per heavy atom. The molecule has 0 aliphatic rings. The summed E-state index contributed by atoms with van der Waals surface area (Å²) < 4.78 is 6.40. The second kappa shape index (κ2) is 7.63. The maximum Gasteiger partial charge on any atom is 0.192 e.